The van der Waals surface area contributed by atoms with E-state index in [0.717, 1.165) is 10.6 Å². The minimum absolute atomic E-state index is 0.0802. The average Bonchev–Trinajstić information content (AvgIpc) is 2.04. The van der Waals surface area contributed by atoms with E-state index in [0.29, 0.717) is 0 Å². The summed E-state index contributed by atoms with van der Waals surface area (Å²) in [6.07, 6.45) is 2.29. The number of aromatic nitrogens is 2. The Kier molecular flexibility index (Phi) is 2.39. The molecule has 0 spiro atoms. The third-order valence-electron chi connectivity index (χ3n) is 1.16. The van der Waals surface area contributed by atoms with Crippen molar-refractivity contribution in [2.75, 3.05) is 11.5 Å². The second-order valence-corrected chi connectivity index (χ2v) is 2.47. The van der Waals surface area contributed by atoms with Gasteiger partial charge in [-0.05, 0) is 0 Å². The van der Waals surface area contributed by atoms with E-state index in [1.54, 1.807) is 0 Å². The first-order chi connectivity index (χ1) is 5.63. The van der Waals surface area contributed by atoms with Gasteiger partial charge in [-0.15, -0.1) is 0 Å². The molecule has 6 nitrogen and oxygen atoms in total. The number of hydrogen-bond acceptors (Lipinski definition) is 5. The minimum Gasteiger partial charge on any atom is -0.266 e. The van der Waals surface area contributed by atoms with Gasteiger partial charge in [0.25, 0.3) is 0 Å². The molecule has 0 saturated heterocycles. The summed E-state index contributed by atoms with van der Waals surface area (Å²) in [5.74, 6) is 0.0802. The fourth-order valence-electron chi connectivity index (χ4n) is 0.682. The second-order valence-electron chi connectivity index (χ2n) is 1.97. The van der Waals surface area contributed by atoms with Crippen LogP contribution in [0.15, 0.2) is 12.5 Å². The highest BCUT2D eigenvalue weighted by Crippen LogP contribution is 2.23. The molecule has 0 aliphatic heterocycles. The maximum atomic E-state index is 10.4. The summed E-state index contributed by atoms with van der Waals surface area (Å²) in [5, 5.41) is 10.4. The SMILES string of the molecule is CN(Cl)c1ncncc1[N+](=O)[O-]. The van der Waals surface area contributed by atoms with Crippen LogP contribution in [0.3, 0.4) is 0 Å². The fraction of sp³-hybridized carbons (Fsp3) is 0.200. The average molecular weight is 189 g/mol. The van der Waals surface area contributed by atoms with Gasteiger partial charge in [0.05, 0.1) is 4.92 Å². The summed E-state index contributed by atoms with van der Waals surface area (Å²) in [7, 11) is 1.46. The first kappa shape index (κ1) is 8.66. The molecule has 1 aromatic heterocycles. The Labute approximate surface area is 73.1 Å². The second kappa shape index (κ2) is 3.31. The Morgan fingerprint density at radius 2 is 2.42 bits per heavy atom. The van der Waals surface area contributed by atoms with Gasteiger partial charge >= 0.3 is 5.69 Å². The summed E-state index contributed by atoms with van der Waals surface area (Å²) < 4.78 is 1.04. The van der Waals surface area contributed by atoms with Gasteiger partial charge in [-0.3, -0.25) is 14.5 Å². The van der Waals surface area contributed by atoms with Crippen LogP contribution in [-0.4, -0.2) is 21.9 Å². The number of halogens is 1. The number of anilines is 1. The molecule has 0 fully saturated rings. The minimum atomic E-state index is -0.589. The Morgan fingerprint density at radius 1 is 1.75 bits per heavy atom. The van der Waals surface area contributed by atoms with Crippen LogP contribution in [0, 0.1) is 10.1 Å². The molecule has 0 N–H and O–H groups in total. The van der Waals surface area contributed by atoms with Crippen molar-refractivity contribution < 1.29 is 4.92 Å². The van der Waals surface area contributed by atoms with Crippen molar-refractivity contribution in [1.29, 1.82) is 0 Å². The summed E-state index contributed by atoms with van der Waals surface area (Å²) in [4.78, 5) is 16.9. The van der Waals surface area contributed by atoms with Crippen molar-refractivity contribution in [3.05, 3.63) is 22.6 Å². The zero-order valence-corrected chi connectivity index (χ0v) is 6.89. The molecule has 0 aromatic carbocycles. The van der Waals surface area contributed by atoms with Crippen molar-refractivity contribution in [1.82, 2.24) is 9.97 Å². The van der Waals surface area contributed by atoms with Crippen molar-refractivity contribution in [3.8, 4) is 0 Å². The highest BCUT2D eigenvalue weighted by Gasteiger charge is 2.17. The number of nitro groups is 1. The molecular formula is C5H5ClN4O2. The third-order valence-corrected chi connectivity index (χ3v) is 1.32. The van der Waals surface area contributed by atoms with E-state index < -0.39 is 4.92 Å². The highest BCUT2D eigenvalue weighted by molar-refractivity contribution is 6.25. The van der Waals surface area contributed by atoms with Gasteiger partial charge in [-0.1, -0.05) is 0 Å². The van der Waals surface area contributed by atoms with Crippen LogP contribution in [0.1, 0.15) is 0 Å². The van der Waals surface area contributed by atoms with Crippen LogP contribution in [0.25, 0.3) is 0 Å². The fourth-order valence-corrected chi connectivity index (χ4v) is 0.812. The van der Waals surface area contributed by atoms with Gasteiger partial charge in [-0.2, -0.15) is 0 Å². The van der Waals surface area contributed by atoms with Crippen LogP contribution < -0.4 is 4.42 Å². The first-order valence-corrected chi connectivity index (χ1v) is 3.30. The molecule has 0 saturated carbocycles. The van der Waals surface area contributed by atoms with E-state index in [2.05, 4.69) is 9.97 Å². The quantitative estimate of drug-likeness (QED) is 0.393. The number of hydrogen-bond donors (Lipinski definition) is 0. The molecule has 0 radical (unpaired) electrons. The molecule has 1 rings (SSSR count). The zero-order chi connectivity index (χ0) is 9.14. The molecular weight excluding hydrogens is 184 g/mol. The molecule has 0 amide bonds. The van der Waals surface area contributed by atoms with Gasteiger partial charge in [0.2, 0.25) is 5.82 Å². The molecule has 0 aliphatic rings. The lowest BCUT2D eigenvalue weighted by molar-refractivity contribution is -0.384. The molecule has 0 aliphatic carbocycles. The lowest BCUT2D eigenvalue weighted by atomic mass is 10.5. The van der Waals surface area contributed by atoms with E-state index in [-0.39, 0.29) is 11.5 Å². The van der Waals surface area contributed by atoms with E-state index in [1.165, 1.54) is 13.4 Å². The zero-order valence-electron chi connectivity index (χ0n) is 6.14. The van der Waals surface area contributed by atoms with E-state index in [9.17, 15) is 10.1 Å². The number of nitrogens with zero attached hydrogens (tertiary/aromatic N) is 4. The van der Waals surface area contributed by atoms with Crippen LogP contribution >= 0.6 is 11.8 Å². The van der Waals surface area contributed by atoms with Crippen molar-refractivity contribution in [2.24, 2.45) is 0 Å². The molecule has 1 heterocycles. The van der Waals surface area contributed by atoms with Crippen molar-refractivity contribution >= 4 is 23.3 Å². The van der Waals surface area contributed by atoms with E-state index >= 15 is 0 Å². The molecule has 0 atom stereocenters. The van der Waals surface area contributed by atoms with Crippen LogP contribution in [0.2, 0.25) is 0 Å². The Bertz CT molecular complexity index is 303. The Hall–Kier alpha value is -1.43. The predicted molar refractivity (Wildman–Crippen MR) is 42.9 cm³/mol. The van der Waals surface area contributed by atoms with Crippen molar-refractivity contribution in [2.45, 2.75) is 0 Å². The standard InChI is InChI=1S/C5H5ClN4O2/c1-9(6)5-4(10(11)12)2-7-3-8-5/h2-3H,1H3. The van der Waals surface area contributed by atoms with Crippen LogP contribution in [-0.2, 0) is 0 Å². The summed E-state index contributed by atoms with van der Waals surface area (Å²) in [6.45, 7) is 0. The summed E-state index contributed by atoms with van der Waals surface area (Å²) >= 11 is 5.49. The lowest BCUT2D eigenvalue weighted by Crippen LogP contribution is -2.06. The highest BCUT2D eigenvalue weighted by atomic mass is 35.5. The first-order valence-electron chi connectivity index (χ1n) is 2.97. The van der Waals surface area contributed by atoms with E-state index in [4.69, 9.17) is 11.8 Å². The van der Waals surface area contributed by atoms with Crippen LogP contribution in [0.4, 0.5) is 11.5 Å². The Balaban J connectivity index is 3.17. The Morgan fingerprint density at radius 3 is 2.83 bits per heavy atom. The largest absolute Gasteiger partial charge is 0.330 e. The van der Waals surface area contributed by atoms with Gasteiger partial charge in [0.1, 0.15) is 12.5 Å². The maximum absolute atomic E-state index is 10.4. The summed E-state index contributed by atoms with van der Waals surface area (Å²) in [5.41, 5.74) is -0.213. The van der Waals surface area contributed by atoms with Gasteiger partial charge in [0, 0.05) is 18.8 Å². The predicted octanol–water partition coefficient (Wildman–Crippen LogP) is 0.975. The number of rotatable bonds is 2. The van der Waals surface area contributed by atoms with Gasteiger partial charge in [-0.25, -0.2) is 9.97 Å². The molecule has 0 unspecified atom stereocenters. The molecule has 64 valence electrons. The van der Waals surface area contributed by atoms with Crippen molar-refractivity contribution in [3.63, 3.8) is 0 Å². The maximum Gasteiger partial charge on any atom is 0.330 e. The molecule has 1 aromatic rings. The lowest BCUT2D eigenvalue weighted by Gasteiger charge is -2.05. The monoisotopic (exact) mass is 188 g/mol. The van der Waals surface area contributed by atoms with Gasteiger partial charge < -0.3 is 0 Å². The normalized spacial score (nSPS) is 9.50. The topological polar surface area (TPSA) is 72.2 Å². The summed E-state index contributed by atoms with van der Waals surface area (Å²) in [6, 6.07) is 0. The molecule has 7 heteroatoms. The molecule has 12 heavy (non-hydrogen) atoms. The van der Waals surface area contributed by atoms with E-state index in [1.807, 2.05) is 0 Å². The third kappa shape index (κ3) is 1.59. The molecule has 0 bridgehead atoms. The smallest absolute Gasteiger partial charge is 0.266 e. The van der Waals surface area contributed by atoms with Crippen LogP contribution in [0.5, 0.6) is 0 Å². The van der Waals surface area contributed by atoms with Gasteiger partial charge in [0.15, 0.2) is 0 Å².